The van der Waals surface area contributed by atoms with Gasteiger partial charge in [-0.05, 0) is 19.8 Å². The molecule has 4 atom stereocenters. The molecule has 0 rings (SSSR count). The predicted molar refractivity (Wildman–Crippen MR) is 106 cm³/mol. The van der Waals surface area contributed by atoms with Crippen LogP contribution in [0.1, 0.15) is 47.0 Å². The number of hydrogen-bond acceptors (Lipinski definition) is 9. The molecule has 0 saturated heterocycles. The maximum absolute atomic E-state index is 11.8. The molecule has 0 aliphatic rings. The monoisotopic (exact) mass is 422 g/mol. The second-order valence-corrected chi connectivity index (χ2v) is 7.86. The normalized spacial score (nSPS) is 15.2. The Balaban J connectivity index is 3.84. The molecule has 28 heavy (non-hydrogen) atoms. The van der Waals surface area contributed by atoms with Gasteiger partial charge >= 0.3 is 17.9 Å². The summed E-state index contributed by atoms with van der Waals surface area (Å²) in [7, 11) is 0. The number of ether oxygens (including phenoxy) is 3. The van der Waals surface area contributed by atoms with Crippen molar-refractivity contribution in [3.63, 3.8) is 0 Å². The number of thioether (sulfide) groups is 1. The number of hydrogen-bond donors (Lipinski definition) is 2. The lowest BCUT2D eigenvalue weighted by Gasteiger charge is -2.15. The van der Waals surface area contributed by atoms with E-state index in [4.69, 9.17) is 19.3 Å². The summed E-state index contributed by atoms with van der Waals surface area (Å²) >= 11 is 1.36. The highest BCUT2D eigenvalue weighted by Crippen LogP contribution is 2.12. The zero-order chi connectivity index (χ0) is 21.5. The summed E-state index contributed by atoms with van der Waals surface area (Å²) in [6.07, 6.45) is -0.196. The molecule has 0 fully saturated rings. The Kier molecular flexibility index (Phi) is 14.9. The highest BCUT2D eigenvalue weighted by molar-refractivity contribution is 7.99. The number of aliphatic hydroxyl groups excluding tert-OH is 2. The molecular weight excluding hydrogens is 388 g/mol. The molecule has 0 saturated carbocycles. The number of carbonyl (C=O) groups excluding carboxylic acids is 3. The average molecular weight is 423 g/mol. The molecule has 0 aromatic rings. The van der Waals surface area contributed by atoms with E-state index in [2.05, 4.69) is 0 Å². The van der Waals surface area contributed by atoms with Gasteiger partial charge in [-0.15, -0.1) is 0 Å². The van der Waals surface area contributed by atoms with Crippen LogP contribution in [0.3, 0.4) is 0 Å². The van der Waals surface area contributed by atoms with Gasteiger partial charge in [-0.1, -0.05) is 20.8 Å². The van der Waals surface area contributed by atoms with Crippen molar-refractivity contribution in [1.29, 1.82) is 0 Å². The van der Waals surface area contributed by atoms with E-state index in [1.54, 1.807) is 20.8 Å². The Bertz CT molecular complexity index is 471. The molecule has 0 amide bonds. The van der Waals surface area contributed by atoms with Crippen molar-refractivity contribution in [3.8, 4) is 0 Å². The zero-order valence-electron chi connectivity index (χ0n) is 17.2. The maximum atomic E-state index is 11.8. The maximum Gasteiger partial charge on any atom is 0.309 e. The molecule has 9 heteroatoms. The van der Waals surface area contributed by atoms with E-state index in [-0.39, 0.29) is 50.0 Å². The number of carbonyl (C=O) groups is 3. The largest absolute Gasteiger partial charge is 0.465 e. The summed E-state index contributed by atoms with van der Waals surface area (Å²) in [6.45, 7) is 6.86. The minimum absolute atomic E-state index is 0.0179. The van der Waals surface area contributed by atoms with Gasteiger partial charge in [0.2, 0.25) is 0 Å². The Morgan fingerprint density at radius 1 is 1.00 bits per heavy atom. The summed E-state index contributed by atoms with van der Waals surface area (Å²) in [4.78, 5) is 35.1. The highest BCUT2D eigenvalue weighted by Gasteiger charge is 2.17. The van der Waals surface area contributed by atoms with Gasteiger partial charge in [-0.2, -0.15) is 11.8 Å². The second-order valence-electron chi connectivity index (χ2n) is 6.79. The van der Waals surface area contributed by atoms with Crippen LogP contribution in [0, 0.1) is 11.8 Å². The van der Waals surface area contributed by atoms with E-state index in [1.165, 1.54) is 11.8 Å². The zero-order valence-corrected chi connectivity index (χ0v) is 18.0. The van der Waals surface area contributed by atoms with Crippen molar-refractivity contribution < 1.29 is 38.8 Å². The highest BCUT2D eigenvalue weighted by atomic mass is 32.2. The molecule has 0 aromatic carbocycles. The third-order valence-corrected chi connectivity index (χ3v) is 5.22. The molecule has 0 bridgehead atoms. The predicted octanol–water partition coefficient (Wildman–Crippen LogP) is 1.55. The Morgan fingerprint density at radius 2 is 1.64 bits per heavy atom. The van der Waals surface area contributed by atoms with Gasteiger partial charge in [-0.3, -0.25) is 14.4 Å². The second kappa shape index (κ2) is 15.6. The van der Waals surface area contributed by atoms with Crippen LogP contribution < -0.4 is 0 Å². The molecule has 8 nitrogen and oxygen atoms in total. The van der Waals surface area contributed by atoms with Gasteiger partial charge in [0, 0.05) is 17.9 Å². The van der Waals surface area contributed by atoms with Crippen LogP contribution >= 0.6 is 11.8 Å². The van der Waals surface area contributed by atoms with Gasteiger partial charge in [0.05, 0.1) is 31.2 Å². The number of aliphatic hydroxyl groups is 2. The molecule has 164 valence electrons. The lowest BCUT2D eigenvalue weighted by Crippen LogP contribution is -2.24. The molecular formula is C19H34O8S. The Hall–Kier alpha value is -1.32. The van der Waals surface area contributed by atoms with Crippen molar-refractivity contribution in [2.45, 2.75) is 59.2 Å². The Labute approximate surface area is 171 Å². The average Bonchev–Trinajstić information content (AvgIpc) is 2.67. The fraction of sp³-hybridized carbons (Fsp3) is 0.842. The summed E-state index contributed by atoms with van der Waals surface area (Å²) in [5.74, 6) is -0.818. The first-order valence-corrected chi connectivity index (χ1v) is 10.8. The van der Waals surface area contributed by atoms with E-state index in [0.29, 0.717) is 24.3 Å². The molecule has 0 aliphatic carbocycles. The van der Waals surface area contributed by atoms with Crippen molar-refractivity contribution >= 4 is 29.7 Å². The smallest absolute Gasteiger partial charge is 0.309 e. The quantitative estimate of drug-likeness (QED) is 0.230. The molecule has 2 N–H and O–H groups in total. The lowest BCUT2D eigenvalue weighted by molar-refractivity contribution is -0.160. The fourth-order valence-electron chi connectivity index (χ4n) is 1.86. The van der Waals surface area contributed by atoms with Crippen molar-refractivity contribution in [2.24, 2.45) is 11.8 Å². The van der Waals surface area contributed by atoms with Crippen LogP contribution in [-0.4, -0.2) is 71.7 Å². The van der Waals surface area contributed by atoms with E-state index in [9.17, 15) is 19.5 Å². The Morgan fingerprint density at radius 3 is 2.25 bits per heavy atom. The summed E-state index contributed by atoms with van der Waals surface area (Å²) in [5.41, 5.74) is 0. The van der Waals surface area contributed by atoms with Crippen molar-refractivity contribution in [1.82, 2.24) is 0 Å². The molecule has 0 aliphatic heterocycles. The SMILES string of the molecule is CCC(C)C(=O)OCC(C)OC(=O)CCCOC(=O)C(C)CSCC(O)CO. The van der Waals surface area contributed by atoms with E-state index in [0.717, 1.165) is 0 Å². The third kappa shape index (κ3) is 13.0. The molecule has 0 heterocycles. The molecule has 4 unspecified atom stereocenters. The summed E-state index contributed by atoms with van der Waals surface area (Å²) < 4.78 is 15.3. The molecule has 0 radical (unpaired) electrons. The molecule has 0 spiro atoms. The van der Waals surface area contributed by atoms with Crippen LogP contribution in [0.15, 0.2) is 0 Å². The van der Waals surface area contributed by atoms with Gasteiger partial charge < -0.3 is 24.4 Å². The van der Waals surface area contributed by atoms with Gasteiger partial charge in [0.15, 0.2) is 0 Å². The van der Waals surface area contributed by atoms with Crippen LogP contribution in [0.4, 0.5) is 0 Å². The van der Waals surface area contributed by atoms with E-state index in [1.807, 2.05) is 6.92 Å². The first-order valence-electron chi connectivity index (χ1n) is 9.60. The van der Waals surface area contributed by atoms with Gasteiger partial charge in [0.1, 0.15) is 12.7 Å². The minimum atomic E-state index is -0.791. The fourth-order valence-corrected chi connectivity index (χ4v) is 2.86. The van der Waals surface area contributed by atoms with Crippen molar-refractivity contribution in [3.05, 3.63) is 0 Å². The van der Waals surface area contributed by atoms with Gasteiger partial charge in [0.25, 0.3) is 0 Å². The first kappa shape index (κ1) is 26.7. The van der Waals surface area contributed by atoms with Crippen molar-refractivity contribution in [2.75, 3.05) is 31.3 Å². The number of esters is 3. The summed E-state index contributed by atoms with van der Waals surface area (Å²) in [5, 5.41) is 18.0. The summed E-state index contributed by atoms with van der Waals surface area (Å²) in [6, 6.07) is 0. The topological polar surface area (TPSA) is 119 Å². The third-order valence-electron chi connectivity index (χ3n) is 3.87. The van der Waals surface area contributed by atoms with Crippen LogP contribution in [0.2, 0.25) is 0 Å². The van der Waals surface area contributed by atoms with E-state index < -0.39 is 18.2 Å². The minimum Gasteiger partial charge on any atom is -0.465 e. The van der Waals surface area contributed by atoms with Gasteiger partial charge in [-0.25, -0.2) is 0 Å². The van der Waals surface area contributed by atoms with Crippen LogP contribution in [-0.2, 0) is 28.6 Å². The standard InChI is InChI=1S/C19H34O8S/c1-5-13(2)18(23)26-10-15(4)27-17(22)7-6-8-25-19(24)14(3)11-28-12-16(21)9-20/h13-16,20-21H,5-12H2,1-4H3. The van der Waals surface area contributed by atoms with E-state index >= 15 is 0 Å². The lowest BCUT2D eigenvalue weighted by atomic mass is 10.1. The number of rotatable bonds is 15. The van der Waals surface area contributed by atoms with Crippen LogP contribution in [0.25, 0.3) is 0 Å². The first-order chi connectivity index (χ1) is 13.2. The molecule has 0 aromatic heterocycles. The van der Waals surface area contributed by atoms with Crippen LogP contribution in [0.5, 0.6) is 0 Å².